The standard InChI is InChI=1S/C13H30N2O/c1-6-15(13(4)11-16-5)9-7-8-14-10-12(2)3/h12-14H,6-11H2,1-5H3. The number of nitrogens with one attached hydrogen (secondary N) is 1. The fourth-order valence-electron chi connectivity index (χ4n) is 1.83. The monoisotopic (exact) mass is 230 g/mol. The van der Waals surface area contributed by atoms with E-state index in [0.717, 1.165) is 38.7 Å². The second kappa shape index (κ2) is 10.1. The topological polar surface area (TPSA) is 24.5 Å². The summed E-state index contributed by atoms with van der Waals surface area (Å²) in [5.41, 5.74) is 0. The van der Waals surface area contributed by atoms with E-state index in [1.165, 1.54) is 6.42 Å². The largest absolute Gasteiger partial charge is 0.383 e. The van der Waals surface area contributed by atoms with Crippen LogP contribution in [0.5, 0.6) is 0 Å². The van der Waals surface area contributed by atoms with Gasteiger partial charge in [-0.25, -0.2) is 0 Å². The van der Waals surface area contributed by atoms with E-state index >= 15 is 0 Å². The third-order valence-electron chi connectivity index (χ3n) is 2.79. The molecule has 3 nitrogen and oxygen atoms in total. The highest BCUT2D eigenvalue weighted by Crippen LogP contribution is 2.00. The molecule has 0 fully saturated rings. The summed E-state index contributed by atoms with van der Waals surface area (Å²) in [6.45, 7) is 14.3. The molecule has 0 aromatic rings. The molecule has 0 rings (SSSR count). The van der Waals surface area contributed by atoms with Gasteiger partial charge in [0.05, 0.1) is 6.61 Å². The predicted octanol–water partition coefficient (Wildman–Crippen LogP) is 1.98. The van der Waals surface area contributed by atoms with Gasteiger partial charge in [0.25, 0.3) is 0 Å². The average molecular weight is 230 g/mol. The van der Waals surface area contributed by atoms with Crippen LogP contribution in [0.25, 0.3) is 0 Å². The summed E-state index contributed by atoms with van der Waals surface area (Å²) in [6.07, 6.45) is 1.22. The third kappa shape index (κ3) is 8.08. The summed E-state index contributed by atoms with van der Waals surface area (Å²) in [7, 11) is 1.77. The van der Waals surface area contributed by atoms with Crippen LogP contribution in [0.4, 0.5) is 0 Å². The van der Waals surface area contributed by atoms with Crippen LogP contribution in [-0.4, -0.2) is 50.8 Å². The molecule has 16 heavy (non-hydrogen) atoms. The van der Waals surface area contributed by atoms with Crippen molar-refractivity contribution in [2.45, 2.75) is 40.2 Å². The lowest BCUT2D eigenvalue weighted by Crippen LogP contribution is -2.38. The van der Waals surface area contributed by atoms with Crippen molar-refractivity contribution < 1.29 is 4.74 Å². The van der Waals surface area contributed by atoms with E-state index in [9.17, 15) is 0 Å². The van der Waals surface area contributed by atoms with Gasteiger partial charge in [-0.05, 0) is 45.4 Å². The fraction of sp³-hybridized carbons (Fsp3) is 1.00. The molecule has 0 bridgehead atoms. The Labute approximate surface area is 102 Å². The van der Waals surface area contributed by atoms with Crippen molar-refractivity contribution in [3.63, 3.8) is 0 Å². The van der Waals surface area contributed by atoms with Crippen LogP contribution in [0, 0.1) is 5.92 Å². The first-order chi connectivity index (χ1) is 7.61. The number of rotatable bonds is 10. The molecule has 98 valence electrons. The zero-order valence-corrected chi connectivity index (χ0v) is 11.8. The van der Waals surface area contributed by atoms with Crippen molar-refractivity contribution in [3.05, 3.63) is 0 Å². The minimum absolute atomic E-state index is 0.528. The van der Waals surface area contributed by atoms with E-state index in [1.807, 2.05) is 0 Å². The normalized spacial score (nSPS) is 13.7. The van der Waals surface area contributed by atoms with Crippen LogP contribution in [0.15, 0.2) is 0 Å². The molecule has 0 aromatic heterocycles. The van der Waals surface area contributed by atoms with Crippen LogP contribution in [-0.2, 0) is 4.74 Å². The van der Waals surface area contributed by atoms with Crippen molar-refractivity contribution in [2.24, 2.45) is 5.92 Å². The van der Waals surface area contributed by atoms with Gasteiger partial charge in [0, 0.05) is 13.2 Å². The summed E-state index contributed by atoms with van der Waals surface area (Å²) in [5.74, 6) is 0.745. The molecular formula is C13H30N2O. The zero-order chi connectivity index (χ0) is 12.4. The molecule has 0 saturated carbocycles. The van der Waals surface area contributed by atoms with Gasteiger partial charge in [0.1, 0.15) is 0 Å². The molecule has 0 amide bonds. The van der Waals surface area contributed by atoms with Crippen LogP contribution in [0.3, 0.4) is 0 Å². The second-order valence-electron chi connectivity index (χ2n) is 4.88. The molecule has 0 spiro atoms. The number of likely N-dealkylation sites (N-methyl/N-ethyl adjacent to an activating group) is 1. The van der Waals surface area contributed by atoms with E-state index < -0.39 is 0 Å². The molecule has 1 atom stereocenters. The van der Waals surface area contributed by atoms with E-state index in [2.05, 4.69) is 37.9 Å². The maximum absolute atomic E-state index is 5.19. The Morgan fingerprint density at radius 2 is 1.94 bits per heavy atom. The van der Waals surface area contributed by atoms with Crippen LogP contribution in [0.1, 0.15) is 34.1 Å². The summed E-state index contributed by atoms with van der Waals surface area (Å²) >= 11 is 0. The second-order valence-corrected chi connectivity index (χ2v) is 4.88. The molecule has 0 saturated heterocycles. The lowest BCUT2D eigenvalue weighted by Gasteiger charge is -2.27. The molecule has 1 unspecified atom stereocenters. The minimum atomic E-state index is 0.528. The minimum Gasteiger partial charge on any atom is -0.383 e. The van der Waals surface area contributed by atoms with Gasteiger partial charge in [0.2, 0.25) is 0 Å². The first kappa shape index (κ1) is 15.9. The highest BCUT2D eigenvalue weighted by atomic mass is 16.5. The Balaban J connectivity index is 3.54. The van der Waals surface area contributed by atoms with Gasteiger partial charge >= 0.3 is 0 Å². The van der Waals surface area contributed by atoms with Gasteiger partial charge in [-0.15, -0.1) is 0 Å². The Kier molecular flexibility index (Phi) is 9.99. The van der Waals surface area contributed by atoms with E-state index in [-0.39, 0.29) is 0 Å². The molecule has 0 aliphatic heterocycles. The summed E-state index contributed by atoms with van der Waals surface area (Å²) in [4.78, 5) is 2.47. The molecule has 3 heteroatoms. The number of methoxy groups -OCH3 is 1. The SMILES string of the molecule is CCN(CCCNCC(C)C)C(C)COC. The summed E-state index contributed by atoms with van der Waals surface area (Å²) in [5, 5.41) is 3.48. The van der Waals surface area contributed by atoms with Gasteiger partial charge in [-0.1, -0.05) is 20.8 Å². The quantitative estimate of drug-likeness (QED) is 0.581. The van der Waals surface area contributed by atoms with Crippen LogP contribution in [0.2, 0.25) is 0 Å². The summed E-state index contributed by atoms with van der Waals surface area (Å²) in [6, 6.07) is 0.528. The first-order valence-corrected chi connectivity index (χ1v) is 6.55. The maximum atomic E-state index is 5.19. The van der Waals surface area contributed by atoms with E-state index in [0.29, 0.717) is 6.04 Å². The molecule has 0 heterocycles. The maximum Gasteiger partial charge on any atom is 0.0615 e. The number of hydrogen-bond acceptors (Lipinski definition) is 3. The van der Waals surface area contributed by atoms with Crippen molar-refractivity contribution in [1.82, 2.24) is 10.2 Å². The van der Waals surface area contributed by atoms with Gasteiger partial charge in [-0.2, -0.15) is 0 Å². The van der Waals surface area contributed by atoms with Gasteiger partial charge in [-0.3, -0.25) is 4.90 Å². The Morgan fingerprint density at radius 3 is 2.44 bits per heavy atom. The van der Waals surface area contributed by atoms with Gasteiger partial charge in [0.15, 0.2) is 0 Å². The van der Waals surface area contributed by atoms with Crippen LogP contribution < -0.4 is 5.32 Å². The van der Waals surface area contributed by atoms with Crippen molar-refractivity contribution in [3.8, 4) is 0 Å². The lowest BCUT2D eigenvalue weighted by atomic mass is 10.2. The predicted molar refractivity (Wildman–Crippen MR) is 70.9 cm³/mol. The van der Waals surface area contributed by atoms with Crippen molar-refractivity contribution >= 4 is 0 Å². The molecule has 0 radical (unpaired) electrons. The average Bonchev–Trinajstić information content (AvgIpc) is 2.23. The first-order valence-electron chi connectivity index (χ1n) is 6.55. The molecule has 0 aromatic carbocycles. The highest BCUT2D eigenvalue weighted by molar-refractivity contribution is 4.65. The molecule has 0 aliphatic rings. The van der Waals surface area contributed by atoms with Crippen LogP contribution >= 0.6 is 0 Å². The van der Waals surface area contributed by atoms with E-state index in [4.69, 9.17) is 4.74 Å². The Hall–Kier alpha value is -0.120. The molecular weight excluding hydrogens is 200 g/mol. The Bertz CT molecular complexity index is 151. The molecule has 1 N–H and O–H groups in total. The number of nitrogens with zero attached hydrogens (tertiary/aromatic N) is 1. The summed E-state index contributed by atoms with van der Waals surface area (Å²) < 4.78 is 5.19. The van der Waals surface area contributed by atoms with Crippen molar-refractivity contribution in [2.75, 3.05) is 39.9 Å². The fourth-order valence-corrected chi connectivity index (χ4v) is 1.83. The number of hydrogen-bond donors (Lipinski definition) is 1. The lowest BCUT2D eigenvalue weighted by molar-refractivity contribution is 0.102. The van der Waals surface area contributed by atoms with Gasteiger partial charge < -0.3 is 10.1 Å². The smallest absolute Gasteiger partial charge is 0.0615 e. The van der Waals surface area contributed by atoms with E-state index in [1.54, 1.807) is 7.11 Å². The third-order valence-corrected chi connectivity index (χ3v) is 2.79. The number of ether oxygens (including phenoxy) is 1. The highest BCUT2D eigenvalue weighted by Gasteiger charge is 2.10. The Morgan fingerprint density at radius 1 is 1.25 bits per heavy atom. The zero-order valence-electron chi connectivity index (χ0n) is 11.8. The van der Waals surface area contributed by atoms with Crippen molar-refractivity contribution in [1.29, 1.82) is 0 Å². The molecule has 0 aliphatic carbocycles.